The summed E-state index contributed by atoms with van der Waals surface area (Å²) in [6.07, 6.45) is 10.6. The van der Waals surface area contributed by atoms with Gasteiger partial charge in [0.2, 0.25) is 0 Å². The Hall–Kier alpha value is -0.870. The van der Waals surface area contributed by atoms with Gasteiger partial charge >= 0.3 is 0 Å². The van der Waals surface area contributed by atoms with E-state index in [0.29, 0.717) is 0 Å². The van der Waals surface area contributed by atoms with Crippen molar-refractivity contribution in [3.05, 3.63) is 29.8 Å². The maximum atomic E-state index is 5.30. The number of thioether (sulfide) groups is 1. The van der Waals surface area contributed by atoms with Crippen molar-refractivity contribution < 1.29 is 0 Å². The van der Waals surface area contributed by atoms with Crippen molar-refractivity contribution in [1.82, 2.24) is 0 Å². The van der Waals surface area contributed by atoms with Crippen molar-refractivity contribution in [2.24, 2.45) is 0 Å². The normalized spacial score (nSPS) is 9.87. The molecule has 0 nitrogen and oxygen atoms in total. The SMILES string of the molecule is C#Cc1ccc(SCCCCCC)cc1. The molecular formula is C14H18S. The van der Waals surface area contributed by atoms with E-state index in [1.165, 1.54) is 36.3 Å². The highest BCUT2D eigenvalue weighted by Gasteiger charge is 1.94. The van der Waals surface area contributed by atoms with Gasteiger partial charge in [-0.3, -0.25) is 0 Å². The molecule has 0 aliphatic heterocycles. The Bertz CT molecular complexity index is 305. The lowest BCUT2D eigenvalue weighted by Crippen LogP contribution is -1.81. The third kappa shape index (κ3) is 4.95. The molecule has 0 bridgehead atoms. The third-order valence-electron chi connectivity index (χ3n) is 2.29. The maximum Gasteiger partial charge on any atom is 0.0243 e. The summed E-state index contributed by atoms with van der Waals surface area (Å²) >= 11 is 1.92. The zero-order chi connectivity index (χ0) is 10.9. The van der Waals surface area contributed by atoms with E-state index < -0.39 is 0 Å². The fourth-order valence-electron chi connectivity index (χ4n) is 1.37. The lowest BCUT2D eigenvalue weighted by Gasteiger charge is -2.01. The minimum atomic E-state index is 0.963. The second-order valence-corrected chi connectivity index (χ2v) is 4.75. The maximum absolute atomic E-state index is 5.30. The average molecular weight is 218 g/mol. The number of hydrogen-bond acceptors (Lipinski definition) is 1. The quantitative estimate of drug-likeness (QED) is 0.389. The van der Waals surface area contributed by atoms with Crippen molar-refractivity contribution >= 4 is 11.8 Å². The lowest BCUT2D eigenvalue weighted by molar-refractivity contribution is 0.706. The molecule has 0 saturated heterocycles. The number of hydrogen-bond donors (Lipinski definition) is 0. The average Bonchev–Trinajstić information content (AvgIpc) is 2.30. The molecule has 0 heterocycles. The Kier molecular flexibility index (Phi) is 6.04. The Morgan fingerprint density at radius 3 is 2.47 bits per heavy atom. The van der Waals surface area contributed by atoms with E-state index >= 15 is 0 Å². The number of rotatable bonds is 6. The third-order valence-corrected chi connectivity index (χ3v) is 3.39. The number of unbranched alkanes of at least 4 members (excludes halogenated alkanes) is 3. The fraction of sp³-hybridized carbons (Fsp3) is 0.429. The molecule has 0 aliphatic carbocycles. The minimum Gasteiger partial charge on any atom is -0.126 e. The van der Waals surface area contributed by atoms with E-state index in [1.54, 1.807) is 0 Å². The highest BCUT2D eigenvalue weighted by molar-refractivity contribution is 7.99. The van der Waals surface area contributed by atoms with Crippen LogP contribution in [0.15, 0.2) is 29.2 Å². The van der Waals surface area contributed by atoms with Crippen molar-refractivity contribution in [2.75, 3.05) is 5.75 Å². The van der Waals surface area contributed by atoms with E-state index in [0.717, 1.165) is 5.56 Å². The van der Waals surface area contributed by atoms with E-state index in [2.05, 4.69) is 25.0 Å². The summed E-state index contributed by atoms with van der Waals surface area (Å²) in [5.74, 6) is 3.85. The second kappa shape index (κ2) is 7.43. The molecule has 15 heavy (non-hydrogen) atoms. The van der Waals surface area contributed by atoms with Crippen molar-refractivity contribution in [3.8, 4) is 12.3 Å². The van der Waals surface area contributed by atoms with Gasteiger partial charge in [0.25, 0.3) is 0 Å². The Morgan fingerprint density at radius 2 is 1.87 bits per heavy atom. The van der Waals surface area contributed by atoms with Gasteiger partial charge in [-0.2, -0.15) is 0 Å². The molecule has 1 rings (SSSR count). The zero-order valence-electron chi connectivity index (χ0n) is 9.33. The second-order valence-electron chi connectivity index (χ2n) is 3.58. The molecule has 0 N–H and O–H groups in total. The van der Waals surface area contributed by atoms with Crippen LogP contribution in [0.25, 0.3) is 0 Å². The van der Waals surface area contributed by atoms with Gasteiger partial charge in [-0.25, -0.2) is 0 Å². The first-order valence-corrected chi connectivity index (χ1v) is 6.55. The van der Waals surface area contributed by atoms with Crippen LogP contribution in [0.5, 0.6) is 0 Å². The van der Waals surface area contributed by atoms with E-state index in [1.807, 2.05) is 23.9 Å². The molecular weight excluding hydrogens is 200 g/mol. The standard InChI is InChI=1S/C14H18S/c1-3-5-6-7-12-15-14-10-8-13(4-2)9-11-14/h2,8-11H,3,5-7,12H2,1H3. The monoisotopic (exact) mass is 218 g/mol. The summed E-state index contributed by atoms with van der Waals surface area (Å²) in [5.41, 5.74) is 0.963. The summed E-state index contributed by atoms with van der Waals surface area (Å²) in [6.45, 7) is 2.24. The predicted molar refractivity (Wildman–Crippen MR) is 69.2 cm³/mol. The van der Waals surface area contributed by atoms with Crippen LogP contribution >= 0.6 is 11.8 Å². The van der Waals surface area contributed by atoms with E-state index in [9.17, 15) is 0 Å². The lowest BCUT2D eigenvalue weighted by atomic mass is 10.2. The van der Waals surface area contributed by atoms with Gasteiger partial charge in [-0.15, -0.1) is 18.2 Å². The summed E-state index contributed by atoms with van der Waals surface area (Å²) in [7, 11) is 0. The summed E-state index contributed by atoms with van der Waals surface area (Å²) in [6, 6.07) is 8.24. The molecule has 0 aliphatic rings. The largest absolute Gasteiger partial charge is 0.126 e. The topological polar surface area (TPSA) is 0 Å². The Labute approximate surface area is 97.5 Å². The molecule has 0 unspecified atom stereocenters. The van der Waals surface area contributed by atoms with Crippen LogP contribution < -0.4 is 0 Å². The van der Waals surface area contributed by atoms with Crippen molar-refractivity contribution in [3.63, 3.8) is 0 Å². The zero-order valence-corrected chi connectivity index (χ0v) is 10.1. The van der Waals surface area contributed by atoms with Gasteiger partial charge < -0.3 is 0 Å². The first-order valence-electron chi connectivity index (χ1n) is 5.56. The number of benzene rings is 1. The molecule has 0 fully saturated rings. The van der Waals surface area contributed by atoms with Crippen LogP contribution in [0.4, 0.5) is 0 Å². The molecule has 1 heteroatoms. The van der Waals surface area contributed by atoms with Crippen LogP contribution in [0.3, 0.4) is 0 Å². The molecule has 0 aromatic heterocycles. The minimum absolute atomic E-state index is 0.963. The van der Waals surface area contributed by atoms with Gasteiger partial charge in [-0.1, -0.05) is 32.1 Å². The molecule has 0 atom stereocenters. The van der Waals surface area contributed by atoms with Gasteiger partial charge in [0.05, 0.1) is 0 Å². The van der Waals surface area contributed by atoms with Crippen LogP contribution in [0.2, 0.25) is 0 Å². The first-order chi connectivity index (χ1) is 7.36. The van der Waals surface area contributed by atoms with Crippen molar-refractivity contribution in [1.29, 1.82) is 0 Å². The van der Waals surface area contributed by atoms with E-state index in [4.69, 9.17) is 6.42 Å². The molecule has 0 spiro atoms. The summed E-state index contributed by atoms with van der Waals surface area (Å²) in [4.78, 5) is 1.32. The van der Waals surface area contributed by atoms with Gasteiger partial charge in [0.15, 0.2) is 0 Å². The van der Waals surface area contributed by atoms with E-state index in [-0.39, 0.29) is 0 Å². The molecule has 0 amide bonds. The Balaban J connectivity index is 2.23. The molecule has 1 aromatic rings. The van der Waals surface area contributed by atoms with Crippen molar-refractivity contribution in [2.45, 2.75) is 37.5 Å². The first kappa shape index (κ1) is 12.2. The molecule has 0 saturated carbocycles. The van der Waals surface area contributed by atoms with Crippen LogP contribution in [0, 0.1) is 12.3 Å². The highest BCUT2D eigenvalue weighted by Crippen LogP contribution is 2.20. The summed E-state index contributed by atoms with van der Waals surface area (Å²) < 4.78 is 0. The predicted octanol–water partition coefficient (Wildman–Crippen LogP) is 4.34. The molecule has 80 valence electrons. The van der Waals surface area contributed by atoms with Crippen LogP contribution in [-0.2, 0) is 0 Å². The molecule has 0 radical (unpaired) electrons. The van der Waals surface area contributed by atoms with Crippen LogP contribution in [0.1, 0.15) is 38.2 Å². The number of terminal acetylenes is 1. The highest BCUT2D eigenvalue weighted by atomic mass is 32.2. The van der Waals surface area contributed by atoms with Gasteiger partial charge in [-0.05, 0) is 36.4 Å². The van der Waals surface area contributed by atoms with Crippen LogP contribution in [-0.4, -0.2) is 5.75 Å². The smallest absolute Gasteiger partial charge is 0.0243 e. The van der Waals surface area contributed by atoms with Gasteiger partial charge in [0, 0.05) is 10.5 Å². The molecule has 1 aromatic carbocycles. The fourth-order valence-corrected chi connectivity index (χ4v) is 2.28. The van der Waals surface area contributed by atoms with Gasteiger partial charge in [0.1, 0.15) is 0 Å². The summed E-state index contributed by atoms with van der Waals surface area (Å²) in [5, 5.41) is 0. The Morgan fingerprint density at radius 1 is 1.13 bits per heavy atom.